The molecular weight excluding hydrogens is 342 g/mol. The van der Waals surface area contributed by atoms with Gasteiger partial charge in [0.25, 0.3) is 5.13 Å². The summed E-state index contributed by atoms with van der Waals surface area (Å²) < 4.78 is 35.5. The second-order valence-corrected chi connectivity index (χ2v) is 6.11. The molecule has 0 aliphatic rings. The van der Waals surface area contributed by atoms with Gasteiger partial charge < -0.3 is 9.45 Å². The fourth-order valence-electron chi connectivity index (χ4n) is 1.76. The van der Waals surface area contributed by atoms with Crippen LogP contribution >= 0.6 is 11.3 Å². The fraction of sp³-hybridized carbons (Fsp3) is 0.333. The van der Waals surface area contributed by atoms with Gasteiger partial charge in [0, 0.05) is 18.8 Å². The molecule has 1 heterocycles. The van der Waals surface area contributed by atoms with Gasteiger partial charge in [0.15, 0.2) is 0 Å². The van der Waals surface area contributed by atoms with E-state index in [1.165, 1.54) is 11.3 Å². The molecule has 0 atom stereocenters. The van der Waals surface area contributed by atoms with Gasteiger partial charge in [-0.25, -0.2) is 8.42 Å². The van der Waals surface area contributed by atoms with E-state index in [0.717, 1.165) is 5.69 Å². The van der Waals surface area contributed by atoms with Crippen LogP contribution in [-0.4, -0.2) is 42.9 Å². The summed E-state index contributed by atoms with van der Waals surface area (Å²) in [5.41, 5.74) is 3.08. The molecule has 9 nitrogen and oxygen atoms in total. The molecule has 0 radical (unpaired) electrons. The Balaban J connectivity index is 1.96. The van der Waals surface area contributed by atoms with Crippen molar-refractivity contribution in [2.24, 2.45) is 10.2 Å². The Kier molecular flexibility index (Phi) is 6.10. The zero-order chi connectivity index (χ0) is 16.7. The molecule has 1 aromatic carbocycles. The molecule has 1 aromatic heterocycles. The molecule has 0 saturated heterocycles. The van der Waals surface area contributed by atoms with Crippen LogP contribution in [-0.2, 0) is 14.6 Å². The highest BCUT2D eigenvalue weighted by atomic mass is 32.3. The van der Waals surface area contributed by atoms with E-state index in [0.29, 0.717) is 17.4 Å². The molecule has 0 N–H and O–H groups in total. The molecule has 0 fully saturated rings. The van der Waals surface area contributed by atoms with Gasteiger partial charge in [-0.2, -0.15) is 0 Å². The number of likely N-dealkylation sites (N-methyl/N-ethyl adjacent to an activating group) is 1. The predicted molar refractivity (Wildman–Crippen MR) is 84.1 cm³/mol. The first-order valence-corrected chi connectivity index (χ1v) is 8.82. The molecule has 2 aromatic rings. The Hall–Kier alpha value is -1.95. The molecule has 2 rings (SSSR count). The van der Waals surface area contributed by atoms with Gasteiger partial charge in [-0.1, -0.05) is 11.3 Å². The second-order valence-electron chi connectivity index (χ2n) is 4.25. The SMILES string of the molecule is CCN(CCOS(=O)(=O)[O-])c1ccc(N=Nc2nncs2)cc1. The van der Waals surface area contributed by atoms with Crippen molar-refractivity contribution in [1.29, 1.82) is 0 Å². The summed E-state index contributed by atoms with van der Waals surface area (Å²) in [6.07, 6.45) is 0. The van der Waals surface area contributed by atoms with E-state index in [4.69, 9.17) is 0 Å². The monoisotopic (exact) mass is 356 g/mol. The van der Waals surface area contributed by atoms with Crippen LogP contribution in [0.3, 0.4) is 0 Å². The summed E-state index contributed by atoms with van der Waals surface area (Å²) in [6.45, 7) is 2.63. The van der Waals surface area contributed by atoms with E-state index < -0.39 is 10.4 Å². The van der Waals surface area contributed by atoms with Gasteiger partial charge in [-0.05, 0) is 31.2 Å². The highest BCUT2D eigenvalue weighted by Crippen LogP contribution is 2.22. The van der Waals surface area contributed by atoms with Crippen molar-refractivity contribution in [2.75, 3.05) is 24.6 Å². The smallest absolute Gasteiger partial charge is 0.251 e. The zero-order valence-electron chi connectivity index (χ0n) is 12.2. The quantitative estimate of drug-likeness (QED) is 0.404. The fourth-order valence-corrected chi connectivity index (χ4v) is 2.41. The summed E-state index contributed by atoms with van der Waals surface area (Å²) in [6, 6.07) is 7.19. The molecule has 0 saturated carbocycles. The number of benzene rings is 1. The van der Waals surface area contributed by atoms with E-state index in [2.05, 4.69) is 24.6 Å². The summed E-state index contributed by atoms with van der Waals surface area (Å²) in [4.78, 5) is 1.87. The van der Waals surface area contributed by atoms with Crippen LogP contribution in [0.15, 0.2) is 40.0 Å². The van der Waals surface area contributed by atoms with Gasteiger partial charge >= 0.3 is 0 Å². The molecule has 0 unspecified atom stereocenters. The van der Waals surface area contributed by atoms with Crippen molar-refractivity contribution in [1.82, 2.24) is 10.2 Å². The normalized spacial score (nSPS) is 11.9. The number of rotatable bonds is 8. The van der Waals surface area contributed by atoms with E-state index in [1.807, 2.05) is 24.0 Å². The van der Waals surface area contributed by atoms with Crippen LogP contribution in [0.5, 0.6) is 0 Å². The molecule has 0 aliphatic carbocycles. The molecule has 124 valence electrons. The van der Waals surface area contributed by atoms with Crippen LogP contribution in [0.1, 0.15) is 6.92 Å². The Morgan fingerprint density at radius 2 is 2.04 bits per heavy atom. The molecule has 0 amide bonds. The number of hydrogen-bond donors (Lipinski definition) is 0. The topological polar surface area (TPSA) is 120 Å². The number of anilines is 1. The summed E-state index contributed by atoms with van der Waals surface area (Å²) in [7, 11) is -4.66. The molecule has 0 bridgehead atoms. The predicted octanol–water partition coefficient (Wildman–Crippen LogP) is 2.26. The maximum Gasteiger partial charge on any atom is 0.251 e. The average molecular weight is 356 g/mol. The molecular formula is C12H14N5O4S2-. The third kappa shape index (κ3) is 5.98. The van der Waals surface area contributed by atoms with E-state index >= 15 is 0 Å². The van der Waals surface area contributed by atoms with Crippen molar-refractivity contribution in [3.8, 4) is 0 Å². The maximum atomic E-state index is 10.4. The number of hydrogen-bond acceptors (Lipinski definition) is 10. The molecule has 0 aliphatic heterocycles. The Morgan fingerprint density at radius 1 is 1.30 bits per heavy atom. The standard InChI is InChI=1S/C12H15N5O4S2/c1-2-17(7-8-21-23(18,19)20)11-5-3-10(4-6-11)14-16-12-15-13-9-22-12/h3-6,9H,2,7-8H2,1H3,(H,18,19,20)/p-1. The van der Waals surface area contributed by atoms with Gasteiger partial charge in [-0.3, -0.25) is 4.18 Å². The summed E-state index contributed by atoms with van der Waals surface area (Å²) >= 11 is 1.29. The lowest BCUT2D eigenvalue weighted by molar-refractivity contribution is 0.266. The molecule has 0 spiro atoms. The van der Waals surface area contributed by atoms with Crippen molar-refractivity contribution in [2.45, 2.75) is 6.92 Å². The van der Waals surface area contributed by atoms with Crippen molar-refractivity contribution < 1.29 is 17.2 Å². The third-order valence-corrected chi connectivity index (χ3v) is 3.81. The first-order chi connectivity index (χ1) is 11.0. The van der Waals surface area contributed by atoms with Crippen LogP contribution in [0.2, 0.25) is 0 Å². The summed E-state index contributed by atoms with van der Waals surface area (Å²) in [5.74, 6) is 0. The van der Waals surface area contributed by atoms with Gasteiger partial charge in [0.1, 0.15) is 5.51 Å². The second kappa shape index (κ2) is 8.06. The lowest BCUT2D eigenvalue weighted by Gasteiger charge is -2.23. The van der Waals surface area contributed by atoms with E-state index in [9.17, 15) is 13.0 Å². The first kappa shape index (κ1) is 17.4. The average Bonchev–Trinajstić information content (AvgIpc) is 3.03. The maximum absolute atomic E-state index is 10.4. The Bertz CT molecular complexity index is 731. The van der Waals surface area contributed by atoms with Gasteiger partial charge in [0.2, 0.25) is 10.4 Å². The Morgan fingerprint density at radius 3 is 2.61 bits per heavy atom. The lowest BCUT2D eigenvalue weighted by atomic mass is 10.2. The van der Waals surface area contributed by atoms with Crippen LogP contribution in [0.4, 0.5) is 16.5 Å². The number of nitrogens with zero attached hydrogens (tertiary/aromatic N) is 5. The van der Waals surface area contributed by atoms with Gasteiger partial charge in [0.05, 0.1) is 12.3 Å². The van der Waals surface area contributed by atoms with Crippen LogP contribution in [0.25, 0.3) is 0 Å². The highest BCUT2D eigenvalue weighted by molar-refractivity contribution is 7.80. The minimum atomic E-state index is -4.66. The lowest BCUT2D eigenvalue weighted by Crippen LogP contribution is -2.27. The Labute approximate surface area is 137 Å². The van der Waals surface area contributed by atoms with Crippen LogP contribution in [0, 0.1) is 0 Å². The molecule has 23 heavy (non-hydrogen) atoms. The zero-order valence-corrected chi connectivity index (χ0v) is 13.8. The largest absolute Gasteiger partial charge is 0.726 e. The first-order valence-electron chi connectivity index (χ1n) is 6.61. The minimum Gasteiger partial charge on any atom is -0.726 e. The van der Waals surface area contributed by atoms with E-state index in [-0.39, 0.29) is 13.2 Å². The van der Waals surface area contributed by atoms with Crippen molar-refractivity contribution in [3.63, 3.8) is 0 Å². The number of aromatic nitrogens is 2. The highest BCUT2D eigenvalue weighted by Gasteiger charge is 2.05. The van der Waals surface area contributed by atoms with Gasteiger partial charge in [-0.15, -0.1) is 20.4 Å². The van der Waals surface area contributed by atoms with E-state index in [1.54, 1.807) is 17.6 Å². The molecule has 11 heteroatoms. The third-order valence-electron chi connectivity index (χ3n) is 2.79. The van der Waals surface area contributed by atoms with Crippen LogP contribution < -0.4 is 4.90 Å². The van der Waals surface area contributed by atoms with Crippen molar-refractivity contribution >= 4 is 38.2 Å². The summed E-state index contributed by atoms with van der Waals surface area (Å²) in [5, 5.41) is 15.9. The minimum absolute atomic E-state index is 0.196. The number of azo groups is 1. The van der Waals surface area contributed by atoms with Crippen molar-refractivity contribution in [3.05, 3.63) is 29.8 Å².